The van der Waals surface area contributed by atoms with E-state index in [0.29, 0.717) is 13.0 Å². The average molecular weight is 295 g/mol. The number of nitrogens with two attached hydrogens (primary N) is 1. The van der Waals surface area contributed by atoms with Crippen molar-refractivity contribution in [1.82, 2.24) is 19.9 Å². The number of nitrogens with zero attached hydrogens (tertiary/aromatic N) is 3. The normalized spacial score (nSPS) is 12.2. The lowest BCUT2D eigenvalue weighted by atomic mass is 10.1. The maximum atomic E-state index is 12.1. The fraction of sp³-hybridized carbons (Fsp3) is 0.188. The maximum absolute atomic E-state index is 12.1. The van der Waals surface area contributed by atoms with Crippen LogP contribution >= 0.6 is 0 Å². The summed E-state index contributed by atoms with van der Waals surface area (Å²) < 4.78 is 1.78. The van der Waals surface area contributed by atoms with Crippen molar-refractivity contribution in [1.29, 1.82) is 0 Å². The van der Waals surface area contributed by atoms with Gasteiger partial charge in [-0.15, -0.1) is 0 Å². The molecule has 0 saturated heterocycles. The Hall–Kier alpha value is -2.73. The second-order valence-electron chi connectivity index (χ2n) is 5.08. The highest BCUT2D eigenvalue weighted by molar-refractivity contribution is 5.82. The number of fused-ring (bicyclic) bond motifs is 1. The Morgan fingerprint density at radius 2 is 2.05 bits per heavy atom. The van der Waals surface area contributed by atoms with Crippen LogP contribution in [0.5, 0.6) is 0 Å². The minimum absolute atomic E-state index is 0.168. The van der Waals surface area contributed by atoms with Crippen LogP contribution in [0.2, 0.25) is 0 Å². The Labute approximate surface area is 128 Å². The predicted octanol–water partition coefficient (Wildman–Crippen LogP) is 0.915. The standard InChI is InChI=1S/C16H17N5O/c17-14(10-12-3-6-18-7-4-12)16(22)19-11-13-2-1-9-21-15(13)5-8-20-21/h1-9,14H,10-11,17H2,(H,19,22)/t14-/m1/s1. The average Bonchev–Trinajstić information content (AvgIpc) is 3.02. The van der Waals surface area contributed by atoms with Gasteiger partial charge in [0, 0.05) is 31.3 Å². The van der Waals surface area contributed by atoms with Gasteiger partial charge in [0.2, 0.25) is 5.91 Å². The van der Waals surface area contributed by atoms with Crippen LogP contribution < -0.4 is 11.1 Å². The third-order valence-electron chi connectivity index (χ3n) is 3.52. The van der Waals surface area contributed by atoms with Gasteiger partial charge >= 0.3 is 0 Å². The van der Waals surface area contributed by atoms with Gasteiger partial charge in [-0.1, -0.05) is 6.07 Å². The minimum Gasteiger partial charge on any atom is -0.351 e. The lowest BCUT2D eigenvalue weighted by molar-refractivity contribution is -0.122. The highest BCUT2D eigenvalue weighted by Crippen LogP contribution is 2.09. The molecule has 0 aliphatic heterocycles. The van der Waals surface area contributed by atoms with E-state index >= 15 is 0 Å². The van der Waals surface area contributed by atoms with Gasteiger partial charge in [0.25, 0.3) is 0 Å². The van der Waals surface area contributed by atoms with E-state index in [1.807, 2.05) is 36.5 Å². The van der Waals surface area contributed by atoms with E-state index in [4.69, 9.17) is 5.73 Å². The van der Waals surface area contributed by atoms with Gasteiger partial charge in [-0.05, 0) is 41.8 Å². The molecule has 6 heteroatoms. The van der Waals surface area contributed by atoms with Gasteiger partial charge < -0.3 is 11.1 Å². The van der Waals surface area contributed by atoms with Crippen molar-refractivity contribution in [3.8, 4) is 0 Å². The molecular weight excluding hydrogens is 278 g/mol. The molecule has 0 spiro atoms. The number of hydrogen-bond donors (Lipinski definition) is 2. The Balaban J connectivity index is 1.61. The lowest BCUT2D eigenvalue weighted by Crippen LogP contribution is -2.41. The van der Waals surface area contributed by atoms with E-state index in [9.17, 15) is 4.79 Å². The van der Waals surface area contributed by atoms with Crippen molar-refractivity contribution in [3.05, 3.63) is 66.2 Å². The molecule has 0 unspecified atom stereocenters. The van der Waals surface area contributed by atoms with Crippen LogP contribution in [0, 0.1) is 0 Å². The molecule has 0 aliphatic rings. The fourth-order valence-corrected chi connectivity index (χ4v) is 2.34. The smallest absolute Gasteiger partial charge is 0.237 e. The number of carbonyl (C=O) groups is 1. The van der Waals surface area contributed by atoms with Crippen molar-refractivity contribution in [2.45, 2.75) is 19.0 Å². The summed E-state index contributed by atoms with van der Waals surface area (Å²) in [6.07, 6.45) is 7.48. The SMILES string of the molecule is N[C@H](Cc1ccncc1)C(=O)NCc1cccn2nccc12. The van der Waals surface area contributed by atoms with E-state index in [0.717, 1.165) is 16.6 Å². The monoisotopic (exact) mass is 295 g/mol. The summed E-state index contributed by atoms with van der Waals surface area (Å²) in [6, 6.07) is 8.93. The minimum atomic E-state index is -0.577. The van der Waals surface area contributed by atoms with Gasteiger partial charge in [0.1, 0.15) is 0 Å². The van der Waals surface area contributed by atoms with Gasteiger partial charge in [-0.25, -0.2) is 4.52 Å². The predicted molar refractivity (Wildman–Crippen MR) is 83.0 cm³/mol. The summed E-state index contributed by atoms with van der Waals surface area (Å²) in [4.78, 5) is 16.1. The molecule has 0 bridgehead atoms. The van der Waals surface area contributed by atoms with Crippen LogP contribution in [0.3, 0.4) is 0 Å². The van der Waals surface area contributed by atoms with Crippen molar-refractivity contribution in [2.24, 2.45) is 5.73 Å². The highest BCUT2D eigenvalue weighted by Gasteiger charge is 2.14. The molecule has 1 atom stereocenters. The molecule has 6 nitrogen and oxygen atoms in total. The molecule has 0 aliphatic carbocycles. The second kappa shape index (κ2) is 6.36. The summed E-state index contributed by atoms with van der Waals surface area (Å²) in [6.45, 7) is 0.429. The zero-order chi connectivity index (χ0) is 15.4. The first kappa shape index (κ1) is 14.2. The molecule has 0 aromatic carbocycles. The van der Waals surface area contributed by atoms with E-state index in [2.05, 4.69) is 15.4 Å². The van der Waals surface area contributed by atoms with Crippen molar-refractivity contribution < 1.29 is 4.79 Å². The van der Waals surface area contributed by atoms with Gasteiger partial charge in [0.05, 0.1) is 11.6 Å². The first-order chi connectivity index (χ1) is 10.7. The summed E-state index contributed by atoms with van der Waals surface area (Å²) in [5.41, 5.74) is 8.93. The highest BCUT2D eigenvalue weighted by atomic mass is 16.2. The molecule has 0 fully saturated rings. The van der Waals surface area contributed by atoms with Crippen LogP contribution in [0.15, 0.2) is 55.1 Å². The zero-order valence-corrected chi connectivity index (χ0v) is 12.0. The number of aromatic nitrogens is 3. The molecule has 3 N–H and O–H groups in total. The quantitative estimate of drug-likeness (QED) is 0.733. The van der Waals surface area contributed by atoms with E-state index in [1.165, 1.54) is 0 Å². The number of carbonyl (C=O) groups excluding carboxylic acids is 1. The molecule has 3 aromatic rings. The molecule has 3 heterocycles. The molecule has 1 amide bonds. The first-order valence-corrected chi connectivity index (χ1v) is 7.07. The van der Waals surface area contributed by atoms with Gasteiger partial charge in [-0.2, -0.15) is 5.10 Å². The maximum Gasteiger partial charge on any atom is 0.237 e. The molecule has 0 saturated carbocycles. The van der Waals surface area contributed by atoms with Gasteiger partial charge in [0.15, 0.2) is 0 Å². The van der Waals surface area contributed by atoms with Gasteiger partial charge in [-0.3, -0.25) is 9.78 Å². The van der Waals surface area contributed by atoms with Crippen molar-refractivity contribution in [2.75, 3.05) is 0 Å². The van der Waals surface area contributed by atoms with E-state index in [-0.39, 0.29) is 5.91 Å². The summed E-state index contributed by atoms with van der Waals surface area (Å²) in [5, 5.41) is 7.05. The van der Waals surface area contributed by atoms with E-state index in [1.54, 1.807) is 23.1 Å². The number of pyridine rings is 2. The third kappa shape index (κ3) is 3.12. The largest absolute Gasteiger partial charge is 0.351 e. The molecule has 0 radical (unpaired) electrons. The topological polar surface area (TPSA) is 85.3 Å². The van der Waals surface area contributed by atoms with Crippen LogP contribution in [0.4, 0.5) is 0 Å². The number of hydrogen-bond acceptors (Lipinski definition) is 4. The summed E-state index contributed by atoms with van der Waals surface area (Å²) in [5.74, 6) is -0.168. The van der Waals surface area contributed by atoms with Crippen LogP contribution in [0.1, 0.15) is 11.1 Å². The third-order valence-corrected chi connectivity index (χ3v) is 3.52. The summed E-state index contributed by atoms with van der Waals surface area (Å²) >= 11 is 0. The second-order valence-corrected chi connectivity index (χ2v) is 5.08. The number of nitrogens with one attached hydrogen (secondary N) is 1. The Morgan fingerprint density at radius 1 is 1.23 bits per heavy atom. The molecule has 3 aromatic heterocycles. The zero-order valence-electron chi connectivity index (χ0n) is 12.0. The molecule has 22 heavy (non-hydrogen) atoms. The molecular formula is C16H17N5O. The Bertz CT molecular complexity index is 768. The number of amides is 1. The van der Waals surface area contributed by atoms with Crippen LogP contribution in [-0.4, -0.2) is 26.5 Å². The molecule has 112 valence electrons. The molecule has 3 rings (SSSR count). The van der Waals surface area contributed by atoms with Crippen LogP contribution in [-0.2, 0) is 17.8 Å². The summed E-state index contributed by atoms with van der Waals surface area (Å²) in [7, 11) is 0. The van der Waals surface area contributed by atoms with Crippen molar-refractivity contribution >= 4 is 11.4 Å². The lowest BCUT2D eigenvalue weighted by Gasteiger charge is -2.12. The Morgan fingerprint density at radius 3 is 2.86 bits per heavy atom. The van der Waals surface area contributed by atoms with Crippen LogP contribution in [0.25, 0.3) is 5.52 Å². The number of rotatable bonds is 5. The first-order valence-electron chi connectivity index (χ1n) is 7.07. The van der Waals surface area contributed by atoms with Crippen molar-refractivity contribution in [3.63, 3.8) is 0 Å². The fourth-order valence-electron chi connectivity index (χ4n) is 2.34. The van der Waals surface area contributed by atoms with E-state index < -0.39 is 6.04 Å². The Kier molecular flexibility index (Phi) is 4.11.